The Morgan fingerprint density at radius 3 is 2.86 bits per heavy atom. The van der Waals surface area contributed by atoms with Crippen LogP contribution in [0.15, 0.2) is 18.2 Å². The lowest BCUT2D eigenvalue weighted by Crippen LogP contribution is -2.06. The maximum Gasteiger partial charge on any atom is 0.161 e. The van der Waals surface area contributed by atoms with Crippen molar-refractivity contribution in [2.45, 2.75) is 6.92 Å². The first-order chi connectivity index (χ1) is 6.88. The minimum absolute atomic E-state index is 0.536. The molecular formula is C11H15O3. The minimum Gasteiger partial charge on any atom is -0.493 e. The summed E-state index contributed by atoms with van der Waals surface area (Å²) in [5.74, 6) is 1.43. The fraction of sp³-hybridized carbons (Fsp3) is 0.455. The van der Waals surface area contributed by atoms with Gasteiger partial charge in [0.1, 0.15) is 6.61 Å². The van der Waals surface area contributed by atoms with Crippen LogP contribution in [0, 0.1) is 6.07 Å². The van der Waals surface area contributed by atoms with Crippen molar-refractivity contribution in [3.63, 3.8) is 0 Å². The molecule has 3 heteroatoms. The molecule has 0 aliphatic carbocycles. The smallest absolute Gasteiger partial charge is 0.161 e. The molecule has 0 saturated heterocycles. The molecule has 0 aliphatic heterocycles. The third-order valence-electron chi connectivity index (χ3n) is 1.70. The van der Waals surface area contributed by atoms with E-state index < -0.39 is 0 Å². The molecule has 14 heavy (non-hydrogen) atoms. The van der Waals surface area contributed by atoms with Crippen LogP contribution in [0.1, 0.15) is 6.92 Å². The monoisotopic (exact) mass is 195 g/mol. The zero-order valence-electron chi connectivity index (χ0n) is 8.58. The average molecular weight is 195 g/mol. The standard InChI is InChI=1S/C11H15O3/c1-3-13-8-9-14-11-7-5-4-6-10(11)12-2/h5-7H,3,8-9H2,1-2H3. The van der Waals surface area contributed by atoms with Gasteiger partial charge in [0.25, 0.3) is 0 Å². The van der Waals surface area contributed by atoms with Gasteiger partial charge in [-0.1, -0.05) is 6.07 Å². The fourth-order valence-corrected chi connectivity index (χ4v) is 1.03. The molecule has 77 valence electrons. The molecule has 1 aromatic rings. The van der Waals surface area contributed by atoms with Gasteiger partial charge in [-0.15, -0.1) is 0 Å². The maximum atomic E-state index is 5.46. The third-order valence-corrected chi connectivity index (χ3v) is 1.70. The Labute approximate surface area is 84.6 Å². The van der Waals surface area contributed by atoms with E-state index in [-0.39, 0.29) is 0 Å². The van der Waals surface area contributed by atoms with E-state index in [1.165, 1.54) is 0 Å². The van der Waals surface area contributed by atoms with Crippen LogP contribution in [-0.2, 0) is 4.74 Å². The van der Waals surface area contributed by atoms with Gasteiger partial charge in [-0.2, -0.15) is 0 Å². The predicted octanol–water partition coefficient (Wildman–Crippen LogP) is 1.91. The maximum absolute atomic E-state index is 5.46. The van der Waals surface area contributed by atoms with E-state index in [4.69, 9.17) is 14.2 Å². The first kappa shape index (κ1) is 10.9. The number of benzene rings is 1. The Morgan fingerprint density at radius 2 is 2.14 bits per heavy atom. The minimum atomic E-state index is 0.536. The van der Waals surface area contributed by atoms with Crippen LogP contribution in [0.3, 0.4) is 0 Å². The van der Waals surface area contributed by atoms with Crippen LogP contribution in [0.4, 0.5) is 0 Å². The SMILES string of the molecule is CCOCCOc1cc[c]cc1OC. The molecule has 0 atom stereocenters. The van der Waals surface area contributed by atoms with Crippen LogP contribution in [0.5, 0.6) is 11.5 Å². The van der Waals surface area contributed by atoms with E-state index in [2.05, 4.69) is 6.07 Å². The summed E-state index contributed by atoms with van der Waals surface area (Å²) in [4.78, 5) is 0. The molecule has 0 fully saturated rings. The van der Waals surface area contributed by atoms with E-state index in [1.54, 1.807) is 19.2 Å². The fourth-order valence-electron chi connectivity index (χ4n) is 1.03. The van der Waals surface area contributed by atoms with Gasteiger partial charge in [0.05, 0.1) is 13.7 Å². The average Bonchev–Trinajstić information content (AvgIpc) is 2.25. The number of hydrogen-bond donors (Lipinski definition) is 0. The highest BCUT2D eigenvalue weighted by Gasteiger charge is 2.01. The van der Waals surface area contributed by atoms with Crippen molar-refractivity contribution in [1.29, 1.82) is 0 Å². The second kappa shape index (κ2) is 6.27. The van der Waals surface area contributed by atoms with Crippen LogP contribution in [0.25, 0.3) is 0 Å². The summed E-state index contributed by atoms with van der Waals surface area (Å²) in [6.45, 7) is 3.80. The van der Waals surface area contributed by atoms with Crippen molar-refractivity contribution in [3.8, 4) is 11.5 Å². The van der Waals surface area contributed by atoms with E-state index in [0.717, 1.165) is 5.75 Å². The van der Waals surface area contributed by atoms with Gasteiger partial charge in [0, 0.05) is 6.61 Å². The number of ether oxygens (including phenoxy) is 3. The lowest BCUT2D eigenvalue weighted by atomic mass is 10.3. The largest absolute Gasteiger partial charge is 0.493 e. The topological polar surface area (TPSA) is 27.7 Å². The van der Waals surface area contributed by atoms with Crippen LogP contribution in [0.2, 0.25) is 0 Å². The van der Waals surface area contributed by atoms with Crippen molar-refractivity contribution in [3.05, 3.63) is 24.3 Å². The zero-order valence-corrected chi connectivity index (χ0v) is 8.58. The normalized spacial score (nSPS) is 9.86. The van der Waals surface area contributed by atoms with E-state index in [9.17, 15) is 0 Å². The molecule has 0 heterocycles. The Bertz CT molecular complexity index is 260. The van der Waals surface area contributed by atoms with Crippen molar-refractivity contribution >= 4 is 0 Å². The Balaban J connectivity index is 2.41. The molecule has 0 spiro atoms. The first-order valence-electron chi connectivity index (χ1n) is 4.63. The number of hydrogen-bond acceptors (Lipinski definition) is 3. The number of rotatable bonds is 6. The summed E-state index contributed by atoms with van der Waals surface area (Å²) in [6.07, 6.45) is 0. The number of methoxy groups -OCH3 is 1. The highest BCUT2D eigenvalue weighted by atomic mass is 16.5. The van der Waals surface area contributed by atoms with Crippen molar-refractivity contribution in [2.75, 3.05) is 26.9 Å². The third kappa shape index (κ3) is 3.26. The molecule has 1 rings (SSSR count). The molecule has 3 nitrogen and oxygen atoms in total. The molecule has 0 aromatic heterocycles. The van der Waals surface area contributed by atoms with Gasteiger partial charge in [-0.3, -0.25) is 0 Å². The summed E-state index contributed by atoms with van der Waals surface area (Å²) < 4.78 is 15.7. The molecule has 1 aromatic carbocycles. The van der Waals surface area contributed by atoms with E-state index >= 15 is 0 Å². The molecule has 0 unspecified atom stereocenters. The van der Waals surface area contributed by atoms with Crippen molar-refractivity contribution in [1.82, 2.24) is 0 Å². The second-order valence-corrected chi connectivity index (χ2v) is 2.62. The van der Waals surface area contributed by atoms with Gasteiger partial charge >= 0.3 is 0 Å². The van der Waals surface area contributed by atoms with Gasteiger partial charge < -0.3 is 14.2 Å². The first-order valence-corrected chi connectivity index (χ1v) is 4.63. The zero-order chi connectivity index (χ0) is 10.2. The molecule has 0 amide bonds. The summed E-state index contributed by atoms with van der Waals surface area (Å²) in [5.41, 5.74) is 0. The summed E-state index contributed by atoms with van der Waals surface area (Å²) in [5, 5.41) is 0. The Hall–Kier alpha value is -1.22. The summed E-state index contributed by atoms with van der Waals surface area (Å²) in [7, 11) is 1.61. The van der Waals surface area contributed by atoms with E-state index in [1.807, 2.05) is 13.0 Å². The van der Waals surface area contributed by atoms with Gasteiger partial charge in [-0.05, 0) is 25.1 Å². The highest BCUT2D eigenvalue weighted by Crippen LogP contribution is 2.25. The molecule has 0 aliphatic rings. The molecule has 0 saturated carbocycles. The van der Waals surface area contributed by atoms with E-state index in [0.29, 0.717) is 25.6 Å². The second-order valence-electron chi connectivity index (χ2n) is 2.62. The van der Waals surface area contributed by atoms with Crippen molar-refractivity contribution in [2.24, 2.45) is 0 Å². The summed E-state index contributed by atoms with van der Waals surface area (Å²) in [6, 6.07) is 8.28. The molecular weight excluding hydrogens is 180 g/mol. The van der Waals surface area contributed by atoms with Crippen LogP contribution < -0.4 is 9.47 Å². The van der Waals surface area contributed by atoms with Crippen LogP contribution in [-0.4, -0.2) is 26.9 Å². The highest BCUT2D eigenvalue weighted by molar-refractivity contribution is 5.38. The van der Waals surface area contributed by atoms with Gasteiger partial charge in [0.2, 0.25) is 0 Å². The molecule has 1 radical (unpaired) electrons. The lowest BCUT2D eigenvalue weighted by molar-refractivity contribution is 0.109. The lowest BCUT2D eigenvalue weighted by Gasteiger charge is -2.09. The quantitative estimate of drug-likeness (QED) is 0.649. The van der Waals surface area contributed by atoms with Gasteiger partial charge in [0.15, 0.2) is 11.5 Å². The molecule has 0 bridgehead atoms. The Morgan fingerprint density at radius 1 is 1.29 bits per heavy atom. The summed E-state index contributed by atoms with van der Waals surface area (Å²) >= 11 is 0. The molecule has 0 N–H and O–H groups in total. The predicted molar refractivity (Wildman–Crippen MR) is 53.8 cm³/mol. The Kier molecular flexibility index (Phi) is 4.86. The van der Waals surface area contributed by atoms with Crippen LogP contribution >= 0.6 is 0 Å². The van der Waals surface area contributed by atoms with Crippen molar-refractivity contribution < 1.29 is 14.2 Å². The van der Waals surface area contributed by atoms with Gasteiger partial charge in [-0.25, -0.2) is 0 Å².